The average molecular weight is 233 g/mol. The summed E-state index contributed by atoms with van der Waals surface area (Å²) in [6.07, 6.45) is 1.48. The van der Waals surface area contributed by atoms with Crippen molar-refractivity contribution in [1.29, 1.82) is 0 Å². The second-order valence-corrected chi connectivity index (χ2v) is 4.46. The van der Waals surface area contributed by atoms with E-state index in [4.69, 9.17) is 9.47 Å². The zero-order chi connectivity index (χ0) is 11.7. The number of fused-ring (bicyclic) bond motifs is 1. The molecule has 0 aliphatic carbocycles. The minimum Gasteiger partial charge on any atom is -0.490 e. The number of carbonyl (C=O) groups is 1. The average Bonchev–Trinajstić information content (AvgIpc) is 2.64. The molecule has 1 unspecified atom stereocenters. The Labute approximate surface area is 99.9 Å². The molecule has 1 N–H and O–H groups in total. The smallest absolute Gasteiger partial charge is 0.220 e. The van der Waals surface area contributed by atoms with Crippen LogP contribution in [0.15, 0.2) is 18.2 Å². The van der Waals surface area contributed by atoms with E-state index in [1.54, 1.807) is 0 Å². The molecule has 17 heavy (non-hydrogen) atoms. The maximum absolute atomic E-state index is 11.2. The van der Waals surface area contributed by atoms with Gasteiger partial charge < -0.3 is 14.8 Å². The van der Waals surface area contributed by atoms with E-state index in [0.717, 1.165) is 30.0 Å². The van der Waals surface area contributed by atoms with Crippen LogP contribution in [0, 0.1) is 0 Å². The molecule has 1 saturated heterocycles. The summed E-state index contributed by atoms with van der Waals surface area (Å²) in [5, 5.41) is 2.85. The van der Waals surface area contributed by atoms with Crippen LogP contribution in [0.1, 0.15) is 24.3 Å². The number of benzene rings is 1. The molecule has 4 heteroatoms. The van der Waals surface area contributed by atoms with Crippen LogP contribution < -0.4 is 14.8 Å². The lowest BCUT2D eigenvalue weighted by molar-refractivity contribution is -0.119. The highest BCUT2D eigenvalue weighted by molar-refractivity contribution is 5.79. The van der Waals surface area contributed by atoms with Gasteiger partial charge in [-0.05, 0) is 17.7 Å². The first kappa shape index (κ1) is 10.4. The first-order valence-corrected chi connectivity index (χ1v) is 5.99. The maximum atomic E-state index is 11.2. The lowest BCUT2D eigenvalue weighted by atomic mass is 9.98. The Hall–Kier alpha value is -1.71. The van der Waals surface area contributed by atoms with Crippen LogP contribution in [0.5, 0.6) is 11.5 Å². The Balaban J connectivity index is 1.87. The second-order valence-electron chi connectivity index (χ2n) is 4.46. The normalized spacial score (nSPS) is 23.1. The molecular weight excluding hydrogens is 218 g/mol. The first-order valence-electron chi connectivity index (χ1n) is 5.99. The van der Waals surface area contributed by atoms with E-state index >= 15 is 0 Å². The molecule has 4 nitrogen and oxygen atoms in total. The predicted molar refractivity (Wildman–Crippen MR) is 62.4 cm³/mol. The Kier molecular flexibility index (Phi) is 2.63. The summed E-state index contributed by atoms with van der Waals surface area (Å²) in [5.41, 5.74) is 1.15. The van der Waals surface area contributed by atoms with Gasteiger partial charge in [-0.1, -0.05) is 6.07 Å². The largest absolute Gasteiger partial charge is 0.490 e. The minimum absolute atomic E-state index is 0.127. The van der Waals surface area contributed by atoms with Crippen molar-refractivity contribution in [3.05, 3.63) is 23.8 Å². The highest BCUT2D eigenvalue weighted by atomic mass is 16.5. The van der Waals surface area contributed by atoms with Gasteiger partial charge in [0.15, 0.2) is 11.5 Å². The monoisotopic (exact) mass is 233 g/mol. The number of amides is 1. The molecule has 1 atom stereocenters. The van der Waals surface area contributed by atoms with Crippen molar-refractivity contribution in [2.75, 3.05) is 19.8 Å². The summed E-state index contributed by atoms with van der Waals surface area (Å²) in [7, 11) is 0. The van der Waals surface area contributed by atoms with Gasteiger partial charge in [0, 0.05) is 25.3 Å². The lowest BCUT2D eigenvalue weighted by Gasteiger charge is -2.12. The number of carbonyl (C=O) groups excluding carboxylic acids is 1. The van der Waals surface area contributed by atoms with E-state index in [9.17, 15) is 4.79 Å². The molecule has 0 spiro atoms. The van der Waals surface area contributed by atoms with Gasteiger partial charge in [-0.2, -0.15) is 0 Å². The Morgan fingerprint density at radius 2 is 2.00 bits per heavy atom. The molecule has 2 aliphatic rings. The minimum atomic E-state index is 0.127. The summed E-state index contributed by atoms with van der Waals surface area (Å²) in [6, 6.07) is 5.98. The van der Waals surface area contributed by atoms with Gasteiger partial charge in [-0.15, -0.1) is 0 Å². The van der Waals surface area contributed by atoms with Crippen molar-refractivity contribution >= 4 is 5.91 Å². The lowest BCUT2D eigenvalue weighted by Crippen LogP contribution is -2.13. The maximum Gasteiger partial charge on any atom is 0.220 e. The number of rotatable bonds is 1. The van der Waals surface area contributed by atoms with Gasteiger partial charge in [0.1, 0.15) is 0 Å². The molecule has 0 saturated carbocycles. The van der Waals surface area contributed by atoms with Crippen molar-refractivity contribution in [2.24, 2.45) is 0 Å². The van der Waals surface area contributed by atoms with Crippen molar-refractivity contribution in [3.63, 3.8) is 0 Å². The van der Waals surface area contributed by atoms with Crippen LogP contribution in [-0.4, -0.2) is 25.7 Å². The Bertz CT molecular complexity index is 444. The molecule has 1 fully saturated rings. The van der Waals surface area contributed by atoms with E-state index in [2.05, 4.69) is 5.32 Å². The van der Waals surface area contributed by atoms with Gasteiger partial charge in [0.25, 0.3) is 0 Å². The topological polar surface area (TPSA) is 47.6 Å². The second kappa shape index (κ2) is 4.28. The zero-order valence-electron chi connectivity index (χ0n) is 9.57. The van der Waals surface area contributed by atoms with E-state index in [1.165, 1.54) is 0 Å². The van der Waals surface area contributed by atoms with Crippen molar-refractivity contribution < 1.29 is 14.3 Å². The summed E-state index contributed by atoms with van der Waals surface area (Å²) in [6.45, 7) is 2.12. The van der Waals surface area contributed by atoms with Crippen molar-refractivity contribution in [2.45, 2.75) is 18.8 Å². The number of nitrogens with one attached hydrogen (secondary N) is 1. The molecule has 0 aromatic heterocycles. The van der Waals surface area contributed by atoms with Crippen molar-refractivity contribution in [3.8, 4) is 11.5 Å². The molecule has 2 aliphatic heterocycles. The fourth-order valence-electron chi connectivity index (χ4n) is 2.27. The summed E-state index contributed by atoms with van der Waals surface area (Å²) >= 11 is 0. The third-order valence-corrected chi connectivity index (χ3v) is 3.22. The molecule has 0 radical (unpaired) electrons. The molecule has 1 amide bonds. The standard InChI is InChI=1S/C13H15NO3/c15-13-7-10(8-14-13)9-2-3-11-12(6-9)17-5-1-4-16-11/h2-3,6,10H,1,4-5,7-8H2,(H,14,15). The van der Waals surface area contributed by atoms with Crippen LogP contribution in [-0.2, 0) is 4.79 Å². The van der Waals surface area contributed by atoms with E-state index in [-0.39, 0.29) is 11.8 Å². The predicted octanol–water partition coefficient (Wildman–Crippen LogP) is 1.45. The third-order valence-electron chi connectivity index (χ3n) is 3.22. The SMILES string of the molecule is O=C1CC(c2ccc3c(c2)OCCCO3)CN1. The van der Waals surface area contributed by atoms with Gasteiger partial charge >= 0.3 is 0 Å². The summed E-state index contributed by atoms with van der Waals surface area (Å²) in [4.78, 5) is 11.2. The van der Waals surface area contributed by atoms with Gasteiger partial charge in [-0.3, -0.25) is 4.79 Å². The van der Waals surface area contributed by atoms with Crippen LogP contribution in [0.4, 0.5) is 0 Å². The number of ether oxygens (including phenoxy) is 2. The summed E-state index contributed by atoms with van der Waals surface area (Å²) in [5.74, 6) is 2.00. The van der Waals surface area contributed by atoms with E-state index < -0.39 is 0 Å². The molecule has 90 valence electrons. The van der Waals surface area contributed by atoms with Gasteiger partial charge in [-0.25, -0.2) is 0 Å². The number of hydrogen-bond donors (Lipinski definition) is 1. The van der Waals surface area contributed by atoms with E-state index in [0.29, 0.717) is 19.6 Å². The Morgan fingerprint density at radius 1 is 1.18 bits per heavy atom. The zero-order valence-corrected chi connectivity index (χ0v) is 9.57. The van der Waals surface area contributed by atoms with Crippen LogP contribution in [0.3, 0.4) is 0 Å². The van der Waals surface area contributed by atoms with Gasteiger partial charge in [0.05, 0.1) is 13.2 Å². The molecule has 1 aromatic rings. The first-order chi connectivity index (χ1) is 8.33. The van der Waals surface area contributed by atoms with Crippen LogP contribution in [0.25, 0.3) is 0 Å². The quantitative estimate of drug-likeness (QED) is 0.798. The molecule has 3 rings (SSSR count). The van der Waals surface area contributed by atoms with Crippen molar-refractivity contribution in [1.82, 2.24) is 5.32 Å². The molecule has 2 heterocycles. The molecule has 0 bridgehead atoms. The van der Waals surface area contributed by atoms with E-state index in [1.807, 2.05) is 18.2 Å². The fourth-order valence-corrected chi connectivity index (χ4v) is 2.27. The molecular formula is C13H15NO3. The summed E-state index contributed by atoms with van der Waals surface area (Å²) < 4.78 is 11.2. The number of hydrogen-bond acceptors (Lipinski definition) is 3. The highest BCUT2D eigenvalue weighted by Gasteiger charge is 2.24. The third kappa shape index (κ3) is 2.07. The fraction of sp³-hybridized carbons (Fsp3) is 0.462. The highest BCUT2D eigenvalue weighted by Crippen LogP contribution is 2.34. The molecule has 1 aromatic carbocycles. The Morgan fingerprint density at radius 3 is 2.76 bits per heavy atom. The van der Waals surface area contributed by atoms with Gasteiger partial charge in [0.2, 0.25) is 5.91 Å². The van der Waals surface area contributed by atoms with Crippen LogP contribution in [0.2, 0.25) is 0 Å². The van der Waals surface area contributed by atoms with Crippen LogP contribution >= 0.6 is 0 Å².